The fourth-order valence-corrected chi connectivity index (χ4v) is 1.50. The van der Waals surface area contributed by atoms with Crippen molar-refractivity contribution in [2.45, 2.75) is 26.2 Å². The average Bonchev–Trinajstić information content (AvgIpc) is 2.15. The minimum Gasteiger partial charge on any atom is -0.235 e. The predicted molar refractivity (Wildman–Crippen MR) is 56.0 cm³/mol. The van der Waals surface area contributed by atoms with E-state index < -0.39 is 0 Å². The summed E-state index contributed by atoms with van der Waals surface area (Å²) in [4.78, 5) is 4.18. The Bertz CT molecular complexity index is 452. The number of aromatic nitrogens is 3. The van der Waals surface area contributed by atoms with Crippen molar-refractivity contribution in [1.29, 1.82) is 0 Å². The van der Waals surface area contributed by atoms with Crippen LogP contribution in [0.5, 0.6) is 0 Å². The standard InChI is InChI=1S/C11H13N3/c1-11(2,3)9-7-13-14-10-8(9)5-4-6-12-10/h4-7H,1-3H3. The summed E-state index contributed by atoms with van der Waals surface area (Å²) in [6.45, 7) is 6.49. The second-order valence-electron chi connectivity index (χ2n) is 4.38. The van der Waals surface area contributed by atoms with E-state index in [1.54, 1.807) is 6.20 Å². The molecule has 72 valence electrons. The van der Waals surface area contributed by atoms with Crippen LogP contribution in [0.4, 0.5) is 0 Å². The third-order valence-electron chi connectivity index (χ3n) is 2.22. The van der Waals surface area contributed by atoms with Crippen LogP contribution in [0, 0.1) is 0 Å². The second-order valence-corrected chi connectivity index (χ2v) is 4.38. The highest BCUT2D eigenvalue weighted by molar-refractivity contribution is 5.78. The smallest absolute Gasteiger partial charge is 0.182 e. The van der Waals surface area contributed by atoms with Crippen molar-refractivity contribution in [3.63, 3.8) is 0 Å². The minimum atomic E-state index is 0.0806. The Kier molecular flexibility index (Phi) is 1.95. The molecule has 0 saturated heterocycles. The zero-order valence-electron chi connectivity index (χ0n) is 8.65. The minimum absolute atomic E-state index is 0.0806. The molecule has 14 heavy (non-hydrogen) atoms. The van der Waals surface area contributed by atoms with Crippen molar-refractivity contribution in [3.05, 3.63) is 30.1 Å². The number of hydrogen-bond acceptors (Lipinski definition) is 3. The lowest BCUT2D eigenvalue weighted by atomic mass is 9.86. The topological polar surface area (TPSA) is 38.7 Å². The molecule has 0 spiro atoms. The first-order chi connectivity index (χ1) is 6.59. The molecule has 0 radical (unpaired) electrons. The normalized spacial score (nSPS) is 11.9. The Hall–Kier alpha value is -1.51. The van der Waals surface area contributed by atoms with Crippen LogP contribution < -0.4 is 0 Å². The summed E-state index contributed by atoms with van der Waals surface area (Å²) >= 11 is 0. The molecule has 0 aliphatic rings. The van der Waals surface area contributed by atoms with Gasteiger partial charge in [0.2, 0.25) is 0 Å². The van der Waals surface area contributed by atoms with Gasteiger partial charge in [-0.3, -0.25) is 0 Å². The molecule has 2 aromatic rings. The monoisotopic (exact) mass is 187 g/mol. The molecule has 0 aliphatic carbocycles. The van der Waals surface area contributed by atoms with Crippen LogP contribution >= 0.6 is 0 Å². The Morgan fingerprint density at radius 2 is 2.00 bits per heavy atom. The first-order valence-corrected chi connectivity index (χ1v) is 4.66. The van der Waals surface area contributed by atoms with Gasteiger partial charge in [-0.25, -0.2) is 4.98 Å². The van der Waals surface area contributed by atoms with Crippen LogP contribution in [0.1, 0.15) is 26.3 Å². The summed E-state index contributed by atoms with van der Waals surface area (Å²) < 4.78 is 0. The van der Waals surface area contributed by atoms with Gasteiger partial charge in [0, 0.05) is 11.6 Å². The highest BCUT2D eigenvalue weighted by Gasteiger charge is 2.17. The zero-order valence-corrected chi connectivity index (χ0v) is 8.65. The highest BCUT2D eigenvalue weighted by Crippen LogP contribution is 2.26. The molecule has 2 heterocycles. The molecular weight excluding hydrogens is 174 g/mol. The third kappa shape index (κ3) is 1.45. The molecule has 0 aromatic carbocycles. The Labute approximate surface area is 83.2 Å². The molecule has 3 heteroatoms. The molecule has 0 bridgehead atoms. The van der Waals surface area contributed by atoms with Gasteiger partial charge in [-0.05, 0) is 23.1 Å². The van der Waals surface area contributed by atoms with Crippen LogP contribution in [0.15, 0.2) is 24.5 Å². The van der Waals surface area contributed by atoms with Crippen molar-refractivity contribution in [2.75, 3.05) is 0 Å². The largest absolute Gasteiger partial charge is 0.235 e. The lowest BCUT2D eigenvalue weighted by Crippen LogP contribution is -2.12. The number of nitrogens with zero attached hydrogens (tertiary/aromatic N) is 3. The fraction of sp³-hybridized carbons (Fsp3) is 0.364. The number of fused-ring (bicyclic) bond motifs is 1. The first-order valence-electron chi connectivity index (χ1n) is 4.66. The molecular formula is C11H13N3. The van der Waals surface area contributed by atoms with Gasteiger partial charge in [-0.2, -0.15) is 5.10 Å². The van der Waals surface area contributed by atoms with Crippen molar-refractivity contribution in [1.82, 2.24) is 15.2 Å². The van der Waals surface area contributed by atoms with E-state index in [9.17, 15) is 0 Å². The number of pyridine rings is 1. The van der Waals surface area contributed by atoms with E-state index >= 15 is 0 Å². The molecule has 0 saturated carbocycles. The lowest BCUT2D eigenvalue weighted by Gasteiger charge is -2.19. The van der Waals surface area contributed by atoms with Crippen molar-refractivity contribution >= 4 is 11.0 Å². The summed E-state index contributed by atoms with van der Waals surface area (Å²) in [5, 5.41) is 9.05. The number of hydrogen-bond donors (Lipinski definition) is 0. The van der Waals surface area contributed by atoms with E-state index in [4.69, 9.17) is 0 Å². The van der Waals surface area contributed by atoms with Crippen LogP contribution in [0.25, 0.3) is 11.0 Å². The highest BCUT2D eigenvalue weighted by atomic mass is 15.1. The molecule has 0 amide bonds. The van der Waals surface area contributed by atoms with Crippen molar-refractivity contribution < 1.29 is 0 Å². The third-order valence-corrected chi connectivity index (χ3v) is 2.22. The predicted octanol–water partition coefficient (Wildman–Crippen LogP) is 2.32. The van der Waals surface area contributed by atoms with Gasteiger partial charge in [0.05, 0.1) is 6.20 Å². The van der Waals surface area contributed by atoms with Crippen LogP contribution in [-0.2, 0) is 5.41 Å². The van der Waals surface area contributed by atoms with Crippen molar-refractivity contribution in [2.24, 2.45) is 0 Å². The zero-order chi connectivity index (χ0) is 10.2. The lowest BCUT2D eigenvalue weighted by molar-refractivity contribution is 0.591. The van der Waals surface area contributed by atoms with Gasteiger partial charge in [-0.15, -0.1) is 5.10 Å². The van der Waals surface area contributed by atoms with Gasteiger partial charge in [0.15, 0.2) is 5.65 Å². The molecule has 2 rings (SSSR count). The first kappa shape index (κ1) is 9.06. The van der Waals surface area contributed by atoms with Crippen LogP contribution in [0.3, 0.4) is 0 Å². The molecule has 0 fully saturated rings. The molecule has 0 atom stereocenters. The van der Waals surface area contributed by atoms with Gasteiger partial charge in [0.25, 0.3) is 0 Å². The molecule has 2 aromatic heterocycles. The average molecular weight is 187 g/mol. The summed E-state index contributed by atoms with van der Waals surface area (Å²) in [7, 11) is 0. The summed E-state index contributed by atoms with van der Waals surface area (Å²) in [5.41, 5.74) is 1.99. The van der Waals surface area contributed by atoms with Gasteiger partial charge in [0.1, 0.15) is 0 Å². The van der Waals surface area contributed by atoms with Crippen molar-refractivity contribution in [3.8, 4) is 0 Å². The maximum atomic E-state index is 4.18. The maximum absolute atomic E-state index is 4.18. The van der Waals surface area contributed by atoms with E-state index in [-0.39, 0.29) is 5.41 Å². The molecule has 0 aliphatic heterocycles. The Morgan fingerprint density at radius 3 is 2.71 bits per heavy atom. The van der Waals surface area contributed by atoms with E-state index in [0.717, 1.165) is 11.0 Å². The van der Waals surface area contributed by atoms with E-state index in [0.29, 0.717) is 0 Å². The SMILES string of the molecule is CC(C)(C)c1cnnc2ncccc12. The molecule has 3 nitrogen and oxygen atoms in total. The second kappa shape index (κ2) is 3.01. The Morgan fingerprint density at radius 1 is 1.21 bits per heavy atom. The van der Waals surface area contributed by atoms with E-state index in [2.05, 4.69) is 36.0 Å². The maximum Gasteiger partial charge on any atom is 0.182 e. The van der Waals surface area contributed by atoms with Gasteiger partial charge < -0.3 is 0 Å². The summed E-state index contributed by atoms with van der Waals surface area (Å²) in [5.74, 6) is 0. The quantitative estimate of drug-likeness (QED) is 0.635. The molecule has 0 unspecified atom stereocenters. The van der Waals surface area contributed by atoms with Crippen LogP contribution in [-0.4, -0.2) is 15.2 Å². The van der Waals surface area contributed by atoms with Crippen LogP contribution in [0.2, 0.25) is 0 Å². The van der Waals surface area contributed by atoms with E-state index in [1.165, 1.54) is 5.56 Å². The van der Waals surface area contributed by atoms with Gasteiger partial charge in [-0.1, -0.05) is 20.8 Å². The molecule has 0 N–H and O–H groups in total. The fourth-order valence-electron chi connectivity index (χ4n) is 1.50. The number of rotatable bonds is 0. The Balaban J connectivity index is 2.78. The summed E-state index contributed by atoms with van der Waals surface area (Å²) in [6.07, 6.45) is 3.56. The summed E-state index contributed by atoms with van der Waals surface area (Å²) in [6, 6.07) is 3.97. The van der Waals surface area contributed by atoms with Gasteiger partial charge >= 0.3 is 0 Å². The van der Waals surface area contributed by atoms with E-state index in [1.807, 2.05) is 18.3 Å².